The molecular weight excluding hydrogens is 312 g/mol. The molecule has 1 aliphatic rings. The average molecular weight is 338 g/mol. The van der Waals surface area contributed by atoms with Gasteiger partial charge in [0, 0.05) is 6.61 Å². The van der Waals surface area contributed by atoms with Crippen LogP contribution in [-0.2, 0) is 0 Å². The lowest BCUT2D eigenvalue weighted by Gasteiger charge is -2.23. The van der Waals surface area contributed by atoms with E-state index in [0.717, 1.165) is 24.0 Å². The Labute approximate surface area is 149 Å². The van der Waals surface area contributed by atoms with Crippen LogP contribution in [0.3, 0.4) is 0 Å². The van der Waals surface area contributed by atoms with Crippen molar-refractivity contribution in [2.75, 3.05) is 6.61 Å². The van der Waals surface area contributed by atoms with Crippen molar-refractivity contribution in [3.05, 3.63) is 71.8 Å². The Kier molecular flexibility index (Phi) is 6.07. The number of benzene rings is 2. The third-order valence-electron chi connectivity index (χ3n) is 4.70. The van der Waals surface area contributed by atoms with Crippen LogP contribution in [0.1, 0.15) is 48.9 Å². The number of aliphatic hydroxyl groups is 1. The maximum absolute atomic E-state index is 12.6. The molecule has 0 heterocycles. The van der Waals surface area contributed by atoms with Gasteiger partial charge in [0.2, 0.25) is 0 Å². The minimum atomic E-state index is -0.146. The maximum Gasteiger partial charge on any atom is 0.315 e. The predicted octanol–water partition coefficient (Wildman–Crippen LogP) is 3.95. The molecule has 2 unspecified atom stereocenters. The molecule has 1 aliphatic carbocycles. The molecule has 2 amide bonds. The van der Waals surface area contributed by atoms with Crippen molar-refractivity contribution in [1.29, 1.82) is 0 Å². The van der Waals surface area contributed by atoms with Crippen LogP contribution in [0, 0.1) is 5.92 Å². The first kappa shape index (κ1) is 17.5. The summed E-state index contributed by atoms with van der Waals surface area (Å²) in [7, 11) is 0. The summed E-state index contributed by atoms with van der Waals surface area (Å²) in [6.07, 6.45) is 3.69. The summed E-state index contributed by atoms with van der Waals surface area (Å²) < 4.78 is 0. The van der Waals surface area contributed by atoms with Gasteiger partial charge in [0.05, 0.1) is 12.1 Å². The molecule has 3 rings (SSSR count). The number of hydrogen-bond donors (Lipinski definition) is 3. The summed E-state index contributed by atoms with van der Waals surface area (Å²) >= 11 is 0. The van der Waals surface area contributed by atoms with Crippen molar-refractivity contribution in [2.24, 2.45) is 5.92 Å². The summed E-state index contributed by atoms with van der Waals surface area (Å²) in [6.45, 7) is 0.126. The monoisotopic (exact) mass is 338 g/mol. The second-order valence-electron chi connectivity index (χ2n) is 6.67. The lowest BCUT2D eigenvalue weighted by atomic mass is 10.0. The van der Waals surface area contributed by atoms with E-state index in [0.29, 0.717) is 18.8 Å². The van der Waals surface area contributed by atoms with E-state index in [1.54, 1.807) is 0 Å². The number of amides is 2. The number of aliphatic hydroxyl groups excluding tert-OH is 1. The molecule has 1 saturated carbocycles. The highest BCUT2D eigenvalue weighted by Gasteiger charge is 2.33. The van der Waals surface area contributed by atoms with Gasteiger partial charge in [0.1, 0.15) is 0 Å². The Bertz CT molecular complexity index is 656. The van der Waals surface area contributed by atoms with Crippen molar-refractivity contribution < 1.29 is 9.90 Å². The smallest absolute Gasteiger partial charge is 0.315 e. The minimum absolute atomic E-state index is 0.0652. The number of carbonyl (C=O) groups excluding carboxylic acids is 1. The van der Waals surface area contributed by atoms with E-state index < -0.39 is 0 Å². The van der Waals surface area contributed by atoms with E-state index in [1.165, 1.54) is 0 Å². The standard InChI is InChI=1S/C21H26N2O2/c24-15-7-12-19(16-8-3-1-4-9-16)22-21(25)23-20(18-13-14-18)17-10-5-2-6-11-17/h1-6,8-11,18-20,24H,7,12-15H2,(H2,22,23,25). The molecule has 0 saturated heterocycles. The fourth-order valence-corrected chi connectivity index (χ4v) is 3.21. The first-order valence-corrected chi connectivity index (χ1v) is 9.05. The molecule has 0 aliphatic heterocycles. The number of nitrogens with one attached hydrogen (secondary N) is 2. The molecule has 0 spiro atoms. The van der Waals surface area contributed by atoms with E-state index in [4.69, 9.17) is 5.11 Å². The second-order valence-corrected chi connectivity index (χ2v) is 6.67. The van der Waals surface area contributed by atoms with Crippen LogP contribution in [0.5, 0.6) is 0 Å². The van der Waals surface area contributed by atoms with Gasteiger partial charge in [-0.25, -0.2) is 4.79 Å². The lowest BCUT2D eigenvalue weighted by Crippen LogP contribution is -2.40. The largest absolute Gasteiger partial charge is 0.396 e. The molecule has 132 valence electrons. The molecule has 2 atom stereocenters. The summed E-state index contributed by atoms with van der Waals surface area (Å²) in [6, 6.07) is 19.9. The summed E-state index contributed by atoms with van der Waals surface area (Å²) in [5, 5.41) is 15.4. The molecule has 0 radical (unpaired) electrons. The number of carbonyl (C=O) groups is 1. The predicted molar refractivity (Wildman–Crippen MR) is 99.1 cm³/mol. The Morgan fingerprint density at radius 2 is 1.56 bits per heavy atom. The molecule has 0 aromatic heterocycles. The van der Waals surface area contributed by atoms with E-state index in [1.807, 2.05) is 48.5 Å². The van der Waals surface area contributed by atoms with Crippen molar-refractivity contribution >= 4 is 6.03 Å². The molecule has 2 aromatic rings. The molecule has 25 heavy (non-hydrogen) atoms. The molecule has 4 heteroatoms. The molecule has 4 nitrogen and oxygen atoms in total. The Morgan fingerprint density at radius 1 is 0.960 bits per heavy atom. The van der Waals surface area contributed by atoms with E-state index >= 15 is 0 Å². The number of hydrogen-bond acceptors (Lipinski definition) is 2. The minimum Gasteiger partial charge on any atom is -0.396 e. The fraction of sp³-hybridized carbons (Fsp3) is 0.381. The van der Waals surface area contributed by atoms with E-state index in [-0.39, 0.29) is 24.7 Å². The van der Waals surface area contributed by atoms with Crippen molar-refractivity contribution in [2.45, 2.75) is 37.8 Å². The zero-order valence-corrected chi connectivity index (χ0v) is 14.4. The molecular formula is C21H26N2O2. The van der Waals surface area contributed by atoms with Gasteiger partial charge in [-0.1, -0.05) is 60.7 Å². The highest BCUT2D eigenvalue weighted by molar-refractivity contribution is 5.75. The van der Waals surface area contributed by atoms with E-state index in [2.05, 4.69) is 22.8 Å². The van der Waals surface area contributed by atoms with Gasteiger partial charge in [-0.05, 0) is 42.7 Å². The van der Waals surface area contributed by atoms with Gasteiger partial charge in [-0.3, -0.25) is 0 Å². The average Bonchev–Trinajstić information content (AvgIpc) is 3.49. The quantitative estimate of drug-likeness (QED) is 0.682. The third kappa shape index (κ3) is 5.07. The Hall–Kier alpha value is -2.33. The first-order valence-electron chi connectivity index (χ1n) is 9.05. The van der Waals surface area contributed by atoms with Crippen LogP contribution in [0.4, 0.5) is 4.79 Å². The molecule has 1 fully saturated rings. The van der Waals surface area contributed by atoms with Gasteiger partial charge in [0.15, 0.2) is 0 Å². The first-order chi connectivity index (χ1) is 12.3. The van der Waals surface area contributed by atoms with Crippen LogP contribution in [0.25, 0.3) is 0 Å². The van der Waals surface area contributed by atoms with Gasteiger partial charge in [-0.2, -0.15) is 0 Å². The maximum atomic E-state index is 12.6. The fourth-order valence-electron chi connectivity index (χ4n) is 3.21. The zero-order chi connectivity index (χ0) is 17.5. The second kappa shape index (κ2) is 8.67. The topological polar surface area (TPSA) is 61.4 Å². The normalized spacial score (nSPS) is 16.0. The number of rotatable bonds is 8. The van der Waals surface area contributed by atoms with Gasteiger partial charge in [-0.15, -0.1) is 0 Å². The SMILES string of the molecule is O=C(NC(CCCO)c1ccccc1)NC(c1ccccc1)C1CC1. The van der Waals surface area contributed by atoms with Crippen LogP contribution < -0.4 is 10.6 Å². The zero-order valence-electron chi connectivity index (χ0n) is 14.4. The van der Waals surface area contributed by atoms with E-state index in [9.17, 15) is 4.79 Å². The van der Waals surface area contributed by atoms with Gasteiger partial charge >= 0.3 is 6.03 Å². The van der Waals surface area contributed by atoms with Crippen LogP contribution in [-0.4, -0.2) is 17.7 Å². The highest BCUT2D eigenvalue weighted by atomic mass is 16.3. The van der Waals surface area contributed by atoms with Gasteiger partial charge in [0.25, 0.3) is 0 Å². The lowest BCUT2D eigenvalue weighted by molar-refractivity contribution is 0.228. The molecule has 0 bridgehead atoms. The van der Waals surface area contributed by atoms with Crippen LogP contribution in [0.15, 0.2) is 60.7 Å². The Morgan fingerprint density at radius 3 is 2.12 bits per heavy atom. The van der Waals surface area contributed by atoms with Crippen molar-refractivity contribution in [3.8, 4) is 0 Å². The molecule has 3 N–H and O–H groups in total. The molecule has 2 aromatic carbocycles. The summed E-state index contributed by atoms with van der Waals surface area (Å²) in [5.41, 5.74) is 2.22. The highest BCUT2D eigenvalue weighted by Crippen LogP contribution is 2.40. The van der Waals surface area contributed by atoms with Crippen LogP contribution in [0.2, 0.25) is 0 Å². The summed E-state index contributed by atoms with van der Waals surface area (Å²) in [5.74, 6) is 0.528. The van der Waals surface area contributed by atoms with Crippen LogP contribution >= 0.6 is 0 Å². The summed E-state index contributed by atoms with van der Waals surface area (Å²) in [4.78, 5) is 12.6. The van der Waals surface area contributed by atoms with Crippen molar-refractivity contribution in [1.82, 2.24) is 10.6 Å². The van der Waals surface area contributed by atoms with Gasteiger partial charge < -0.3 is 15.7 Å². The third-order valence-corrected chi connectivity index (χ3v) is 4.70. The Balaban J connectivity index is 1.66. The van der Waals surface area contributed by atoms with Crippen molar-refractivity contribution in [3.63, 3.8) is 0 Å². The number of urea groups is 1.